The van der Waals surface area contributed by atoms with E-state index in [-0.39, 0.29) is 41.4 Å². The van der Waals surface area contributed by atoms with Crippen LogP contribution in [0, 0.1) is 13.8 Å². The molecule has 394 valence electrons. The van der Waals surface area contributed by atoms with Crippen LogP contribution >= 0.6 is 0 Å². The number of hydrogen-bond donors (Lipinski definition) is 0. The van der Waals surface area contributed by atoms with Crippen LogP contribution in [0.2, 0.25) is 0 Å². The molecule has 4 aliphatic heterocycles. The Bertz CT molecular complexity index is 3720. The first kappa shape index (κ1) is 53.8. The second-order valence-corrected chi connectivity index (χ2v) is 20.3. The number of benzene rings is 2. The van der Waals surface area contributed by atoms with E-state index in [9.17, 15) is 24.3 Å². The molecule has 0 bridgehead atoms. The number of fused-ring (bicyclic) bond motifs is 4. The Morgan fingerprint density at radius 1 is 0.590 bits per heavy atom. The molecule has 0 amide bonds. The third-order valence-electron chi connectivity index (χ3n) is 15.5. The van der Waals surface area contributed by atoms with Gasteiger partial charge in [0.15, 0.2) is 11.6 Å². The molecule has 0 N–H and O–H groups in total. The quantitative estimate of drug-likeness (QED) is 0.151. The Labute approximate surface area is 462 Å². The van der Waals surface area contributed by atoms with Gasteiger partial charge in [0.25, 0.3) is 11.1 Å². The van der Waals surface area contributed by atoms with E-state index < -0.39 is 11.9 Å². The standard InChI is InChI=1S/C30H31N5O4.C29H29N5O4.Li/c1-18-13-22-25(34(2)29(18)36)14-21(19-8-11-39-12-9-19)15-26(22)35-10-4-5-23-27(35)17-32-28(33-23)20-6-7-24(31-16-20)30(37)38-3;1-17-12-21-24(33(2)28(17)35)13-20(18-7-10-38-11-8-18)14-25(21)34-9-3-4-22-26(34)16-31-27(32-22)19-5-6-23(29(36)37)30-15-19;/h6-7,13-17,19H,4-5,8-12H2,1-3H3;5-6,12-16,18H,3-4,7-11H2,1-2H3,(H,36,37);/q;;+1/p-1. The molecule has 0 unspecified atom stereocenters. The molecule has 12 rings (SSSR count). The van der Waals surface area contributed by atoms with Gasteiger partial charge in [0.1, 0.15) is 5.69 Å². The van der Waals surface area contributed by atoms with Crippen molar-refractivity contribution in [1.29, 1.82) is 0 Å². The van der Waals surface area contributed by atoms with E-state index in [1.807, 2.05) is 52.5 Å². The van der Waals surface area contributed by atoms with Crippen molar-refractivity contribution in [1.82, 2.24) is 39.0 Å². The number of methoxy groups -OCH3 is 1. The maximum Gasteiger partial charge on any atom is 1.00 e. The zero-order valence-corrected chi connectivity index (χ0v) is 44.9. The summed E-state index contributed by atoms with van der Waals surface area (Å²) in [6.07, 6.45) is 14.1. The summed E-state index contributed by atoms with van der Waals surface area (Å²) in [6.45, 7) is 8.37. The van der Waals surface area contributed by atoms with Gasteiger partial charge in [0, 0.05) is 99.0 Å². The fourth-order valence-corrected chi connectivity index (χ4v) is 11.3. The van der Waals surface area contributed by atoms with E-state index in [4.69, 9.17) is 29.2 Å². The van der Waals surface area contributed by atoms with Crippen LogP contribution in [0.4, 0.5) is 22.7 Å². The Hall–Kier alpha value is -7.62. The van der Waals surface area contributed by atoms with Gasteiger partial charge in [-0.1, -0.05) is 0 Å². The van der Waals surface area contributed by atoms with Crippen molar-refractivity contribution in [2.75, 3.05) is 56.4 Å². The fourth-order valence-electron chi connectivity index (χ4n) is 11.3. The average Bonchev–Trinajstić information content (AvgIpc) is 3.66. The van der Waals surface area contributed by atoms with Crippen molar-refractivity contribution in [3.05, 3.63) is 151 Å². The van der Waals surface area contributed by atoms with E-state index in [0.717, 1.165) is 158 Å². The summed E-state index contributed by atoms with van der Waals surface area (Å²) in [7, 11) is 5.03. The molecule has 78 heavy (non-hydrogen) atoms. The summed E-state index contributed by atoms with van der Waals surface area (Å²) >= 11 is 0. The first-order chi connectivity index (χ1) is 37.3. The Morgan fingerprint density at radius 3 is 1.42 bits per heavy atom. The normalized spacial score (nSPS) is 15.7. The van der Waals surface area contributed by atoms with Gasteiger partial charge in [0.2, 0.25) is 0 Å². The maximum atomic E-state index is 12.9. The monoisotopic (exact) mass is 1040 g/mol. The molecule has 19 heteroatoms. The molecule has 0 atom stereocenters. The number of aromatic nitrogens is 8. The second-order valence-electron chi connectivity index (χ2n) is 20.3. The fraction of sp³-hybridized carbons (Fsp3) is 0.356. The van der Waals surface area contributed by atoms with Crippen molar-refractivity contribution in [3.63, 3.8) is 0 Å². The summed E-state index contributed by atoms with van der Waals surface area (Å²) in [5, 5.41) is 13.1. The zero-order chi connectivity index (χ0) is 53.5. The molecule has 0 spiro atoms. The van der Waals surface area contributed by atoms with E-state index in [0.29, 0.717) is 34.6 Å². The van der Waals surface area contributed by atoms with Crippen LogP contribution in [0.3, 0.4) is 0 Å². The molecule has 2 aromatic carbocycles. The van der Waals surface area contributed by atoms with E-state index >= 15 is 0 Å². The predicted molar refractivity (Wildman–Crippen MR) is 290 cm³/mol. The van der Waals surface area contributed by atoms with Gasteiger partial charge in [0.05, 0.1) is 76.3 Å². The number of aromatic carboxylic acids is 1. The number of pyridine rings is 4. The van der Waals surface area contributed by atoms with Crippen LogP contribution in [-0.2, 0) is 41.1 Å². The predicted octanol–water partition coefficient (Wildman–Crippen LogP) is 4.51. The number of aryl methyl sites for hydroxylation is 6. The molecule has 6 aromatic heterocycles. The topological polar surface area (TPSA) is 213 Å². The van der Waals surface area contributed by atoms with Crippen molar-refractivity contribution >= 4 is 56.5 Å². The van der Waals surface area contributed by atoms with Crippen LogP contribution in [-0.4, -0.2) is 97.6 Å². The number of hydrogen-bond acceptors (Lipinski definition) is 16. The van der Waals surface area contributed by atoms with Gasteiger partial charge < -0.3 is 43.0 Å². The second kappa shape index (κ2) is 22.8. The molecule has 2 fully saturated rings. The van der Waals surface area contributed by atoms with Gasteiger partial charge >= 0.3 is 24.8 Å². The number of anilines is 4. The van der Waals surface area contributed by atoms with Crippen molar-refractivity contribution in [3.8, 4) is 22.8 Å². The SMILES string of the molecule is COC(=O)c1ccc(-c2ncc3c(n2)CCCN3c2cc(C3CCOCC3)cc3c2cc(C)c(=O)n3C)cn1.Cc1cc2c(N3CCCc4nc(-c5ccc(C(=O)[O-])nc5)ncc43)cc(C3CCOCC3)cc2n(C)c1=O.[Li+]. The molecule has 10 heterocycles. The number of carbonyl (C=O) groups excluding carboxylic acids is 2. The minimum absolute atomic E-state index is 0. The van der Waals surface area contributed by atoms with Crippen molar-refractivity contribution < 1.29 is 47.8 Å². The van der Waals surface area contributed by atoms with Gasteiger partial charge in [-0.15, -0.1) is 0 Å². The van der Waals surface area contributed by atoms with Crippen LogP contribution in [0.15, 0.2) is 95.0 Å². The van der Waals surface area contributed by atoms with Gasteiger partial charge in [-0.25, -0.2) is 29.7 Å². The molecule has 8 aromatic rings. The first-order valence-corrected chi connectivity index (χ1v) is 26.3. The number of rotatable bonds is 8. The molecular weight excluding hydrogens is 984 g/mol. The molecule has 2 saturated heterocycles. The van der Waals surface area contributed by atoms with E-state index in [1.54, 1.807) is 33.5 Å². The van der Waals surface area contributed by atoms with Crippen molar-refractivity contribution in [2.45, 2.75) is 77.0 Å². The summed E-state index contributed by atoms with van der Waals surface area (Å²) < 4.78 is 19.5. The number of carbonyl (C=O) groups is 2. The zero-order valence-electron chi connectivity index (χ0n) is 44.9. The molecule has 4 aliphatic rings. The Balaban J connectivity index is 0.000000174. The van der Waals surface area contributed by atoms with E-state index in [2.05, 4.69) is 49.0 Å². The third kappa shape index (κ3) is 10.4. The van der Waals surface area contributed by atoms with Crippen LogP contribution < -0.4 is 44.9 Å². The number of ether oxygens (including phenoxy) is 3. The first-order valence-electron chi connectivity index (χ1n) is 26.3. The summed E-state index contributed by atoms with van der Waals surface area (Å²) in [5.74, 6) is 0.0398. The molecule has 18 nitrogen and oxygen atoms in total. The molecular formula is C59H59LiN10O8. The van der Waals surface area contributed by atoms with Crippen LogP contribution in [0.25, 0.3) is 44.6 Å². The smallest absolute Gasteiger partial charge is 0.543 e. The van der Waals surface area contributed by atoms with Gasteiger partial charge in [-0.2, -0.15) is 0 Å². The summed E-state index contributed by atoms with van der Waals surface area (Å²) in [5.41, 5.74) is 13.2. The molecule has 0 aliphatic carbocycles. The Kier molecular flexibility index (Phi) is 15.7. The Morgan fingerprint density at radius 2 is 1.03 bits per heavy atom. The minimum atomic E-state index is -1.32. The maximum absolute atomic E-state index is 12.9. The van der Waals surface area contributed by atoms with E-state index in [1.165, 1.54) is 30.5 Å². The molecule has 0 radical (unpaired) electrons. The number of esters is 1. The van der Waals surface area contributed by atoms with Crippen molar-refractivity contribution in [2.24, 2.45) is 14.1 Å². The van der Waals surface area contributed by atoms with Crippen LogP contribution in [0.1, 0.15) is 105 Å². The molecule has 0 saturated carbocycles. The average molecular weight is 1040 g/mol. The summed E-state index contributed by atoms with van der Waals surface area (Å²) in [6, 6.07) is 19.4. The third-order valence-corrected chi connectivity index (χ3v) is 15.5. The number of nitrogens with zero attached hydrogens (tertiary/aromatic N) is 10. The van der Waals surface area contributed by atoms with Gasteiger partial charge in [-0.05, 0) is 149 Å². The number of carboxylic acid groups (broad SMARTS) is 1. The minimum Gasteiger partial charge on any atom is -0.543 e. The number of carboxylic acids is 1. The summed E-state index contributed by atoms with van der Waals surface area (Å²) in [4.78, 5) is 80.4. The van der Waals surface area contributed by atoms with Crippen LogP contribution in [0.5, 0.6) is 0 Å². The largest absolute Gasteiger partial charge is 1.00 e. The van der Waals surface area contributed by atoms with Gasteiger partial charge in [-0.3, -0.25) is 14.6 Å².